The van der Waals surface area contributed by atoms with E-state index in [0.29, 0.717) is 49.8 Å². The maximum Gasteiger partial charge on any atom is 0.338 e. The molecule has 46 heavy (non-hydrogen) atoms. The van der Waals surface area contributed by atoms with Crippen LogP contribution in [0.3, 0.4) is 0 Å². The van der Waals surface area contributed by atoms with E-state index in [0.717, 1.165) is 0 Å². The number of para-hydroxylation sites is 1. The van der Waals surface area contributed by atoms with Crippen LogP contribution in [0.5, 0.6) is 17.2 Å². The first-order valence-electron chi connectivity index (χ1n) is 14.9. The number of fused-ring (bicyclic) bond motifs is 1. The summed E-state index contributed by atoms with van der Waals surface area (Å²) in [5.74, 6) is 0.223. The number of rotatable bonds is 11. The fraction of sp³-hybridized carbons (Fsp3) is 0.286. The molecule has 2 heterocycles. The van der Waals surface area contributed by atoms with Gasteiger partial charge in [-0.15, -0.1) is 0 Å². The number of thiazole rings is 1. The number of allylic oxidation sites excluding steroid dienone is 1. The van der Waals surface area contributed by atoms with Gasteiger partial charge in [0.25, 0.3) is 5.56 Å². The van der Waals surface area contributed by atoms with Crippen LogP contribution in [0.2, 0.25) is 5.02 Å². The molecule has 0 amide bonds. The molecule has 240 valence electrons. The van der Waals surface area contributed by atoms with Crippen molar-refractivity contribution in [1.29, 1.82) is 0 Å². The van der Waals surface area contributed by atoms with Gasteiger partial charge in [-0.05, 0) is 70.5 Å². The quantitative estimate of drug-likeness (QED) is 0.174. The molecule has 1 aromatic heterocycles. The molecular weight excluding hydrogens is 631 g/mol. The third-order valence-electron chi connectivity index (χ3n) is 7.05. The van der Waals surface area contributed by atoms with Crippen molar-refractivity contribution in [2.24, 2.45) is 4.99 Å². The SMILES string of the molecule is CCOC(=O)C1=C(C)N=c2s/c(=C/c3cc(Cl)c(OCc4ccccc4F)c(OCC)c3)c(=O)n2[C@H]1c1ccccc1OC(C)C. The lowest BCUT2D eigenvalue weighted by Gasteiger charge is -2.26. The predicted octanol–water partition coefficient (Wildman–Crippen LogP) is 6.36. The van der Waals surface area contributed by atoms with Gasteiger partial charge < -0.3 is 18.9 Å². The summed E-state index contributed by atoms with van der Waals surface area (Å²) in [5, 5.41) is 0.236. The molecule has 1 aliphatic heterocycles. The third-order valence-corrected chi connectivity index (χ3v) is 8.32. The van der Waals surface area contributed by atoms with Crippen molar-refractivity contribution in [2.75, 3.05) is 13.2 Å². The molecule has 0 spiro atoms. The number of halogens is 2. The number of aromatic nitrogens is 1. The molecule has 0 radical (unpaired) electrons. The molecule has 5 rings (SSSR count). The lowest BCUT2D eigenvalue weighted by molar-refractivity contribution is -0.139. The van der Waals surface area contributed by atoms with Crippen molar-refractivity contribution >= 4 is 35.0 Å². The minimum atomic E-state index is -0.830. The van der Waals surface area contributed by atoms with E-state index in [9.17, 15) is 14.0 Å². The zero-order valence-electron chi connectivity index (χ0n) is 26.1. The van der Waals surface area contributed by atoms with Crippen LogP contribution in [0, 0.1) is 5.82 Å². The van der Waals surface area contributed by atoms with Gasteiger partial charge in [-0.2, -0.15) is 0 Å². The Bertz CT molecular complexity index is 1980. The molecule has 0 bridgehead atoms. The molecule has 0 aliphatic carbocycles. The van der Waals surface area contributed by atoms with Gasteiger partial charge in [0, 0.05) is 11.1 Å². The second kappa shape index (κ2) is 14.3. The summed E-state index contributed by atoms with van der Waals surface area (Å²) >= 11 is 7.85. The first kappa shape index (κ1) is 33.0. The third kappa shape index (κ3) is 6.88. The number of esters is 1. The highest BCUT2D eigenvalue weighted by atomic mass is 35.5. The van der Waals surface area contributed by atoms with Crippen molar-refractivity contribution in [1.82, 2.24) is 4.57 Å². The van der Waals surface area contributed by atoms with Gasteiger partial charge in [0.05, 0.1) is 40.1 Å². The Kier molecular flexibility index (Phi) is 10.3. The molecule has 1 aliphatic rings. The maximum absolute atomic E-state index is 14.2. The van der Waals surface area contributed by atoms with Crippen molar-refractivity contribution in [3.05, 3.63) is 119 Å². The van der Waals surface area contributed by atoms with Crippen LogP contribution in [0.25, 0.3) is 6.08 Å². The summed E-state index contributed by atoms with van der Waals surface area (Å²) in [5.41, 5.74) is 1.96. The summed E-state index contributed by atoms with van der Waals surface area (Å²) in [6.07, 6.45) is 1.55. The molecule has 1 atom stereocenters. The number of hydrogen-bond acceptors (Lipinski definition) is 8. The van der Waals surface area contributed by atoms with E-state index in [1.165, 1.54) is 22.0 Å². The van der Waals surface area contributed by atoms with Crippen LogP contribution in [0.15, 0.2) is 81.7 Å². The summed E-state index contributed by atoms with van der Waals surface area (Å²) in [6.45, 7) is 9.55. The standard InChI is InChI=1S/C35H34ClFN2O6S/c1-6-42-28-17-22(16-25(36)32(28)44-19-23-12-8-10-14-26(23)37)18-29-33(40)39-31(24-13-9-11-15-27(24)45-20(3)4)30(34(41)43-7-2)21(5)38-35(39)46-29/h8-18,20,31H,6-7,19H2,1-5H3/b29-18+/t31-/m0/s1. The van der Waals surface area contributed by atoms with Crippen molar-refractivity contribution in [2.45, 2.75) is 53.4 Å². The number of hydrogen-bond donors (Lipinski definition) is 0. The van der Waals surface area contributed by atoms with Gasteiger partial charge in [0.2, 0.25) is 0 Å². The monoisotopic (exact) mass is 664 g/mol. The fourth-order valence-electron chi connectivity index (χ4n) is 5.14. The molecule has 0 N–H and O–H groups in total. The van der Waals surface area contributed by atoms with E-state index in [1.807, 2.05) is 45.0 Å². The van der Waals surface area contributed by atoms with Crippen LogP contribution in [-0.4, -0.2) is 29.9 Å². The summed E-state index contributed by atoms with van der Waals surface area (Å²) in [6, 6.07) is 16.2. The van der Waals surface area contributed by atoms with E-state index in [2.05, 4.69) is 4.99 Å². The number of carbonyl (C=O) groups is 1. The Morgan fingerprint density at radius 2 is 1.80 bits per heavy atom. The number of carbonyl (C=O) groups excluding carboxylic acids is 1. The molecule has 0 saturated carbocycles. The van der Waals surface area contributed by atoms with E-state index in [-0.39, 0.29) is 47.0 Å². The van der Waals surface area contributed by atoms with Crippen molar-refractivity contribution in [3.63, 3.8) is 0 Å². The predicted molar refractivity (Wildman–Crippen MR) is 176 cm³/mol. The van der Waals surface area contributed by atoms with Gasteiger partial charge in [-0.25, -0.2) is 14.2 Å². The largest absolute Gasteiger partial charge is 0.491 e. The summed E-state index contributed by atoms with van der Waals surface area (Å²) in [4.78, 5) is 32.6. The lowest BCUT2D eigenvalue weighted by atomic mass is 9.95. The van der Waals surface area contributed by atoms with Gasteiger partial charge in [-0.1, -0.05) is 59.3 Å². The Labute approximate surface area is 275 Å². The molecule has 0 unspecified atom stereocenters. The zero-order valence-corrected chi connectivity index (χ0v) is 27.7. The average Bonchev–Trinajstić information content (AvgIpc) is 3.31. The highest BCUT2D eigenvalue weighted by molar-refractivity contribution is 7.07. The first-order chi connectivity index (χ1) is 22.1. The Balaban J connectivity index is 1.62. The summed E-state index contributed by atoms with van der Waals surface area (Å²) < 4.78 is 39.3. The number of ether oxygens (including phenoxy) is 4. The first-order valence-corrected chi connectivity index (χ1v) is 16.1. The minimum Gasteiger partial charge on any atom is -0.491 e. The highest BCUT2D eigenvalue weighted by Crippen LogP contribution is 2.38. The van der Waals surface area contributed by atoms with Crippen LogP contribution >= 0.6 is 22.9 Å². The van der Waals surface area contributed by atoms with Crippen molar-refractivity contribution < 1.29 is 28.1 Å². The maximum atomic E-state index is 14.2. The molecule has 8 nitrogen and oxygen atoms in total. The molecular formula is C35H34ClFN2O6S. The van der Waals surface area contributed by atoms with Crippen LogP contribution < -0.4 is 29.1 Å². The van der Waals surface area contributed by atoms with E-state index in [4.69, 9.17) is 30.5 Å². The van der Waals surface area contributed by atoms with Crippen LogP contribution in [0.1, 0.15) is 57.4 Å². The Morgan fingerprint density at radius 3 is 2.52 bits per heavy atom. The normalized spacial score (nSPS) is 14.6. The molecule has 0 saturated heterocycles. The number of benzene rings is 3. The van der Waals surface area contributed by atoms with E-state index < -0.39 is 12.0 Å². The minimum absolute atomic E-state index is 0.0471. The topological polar surface area (TPSA) is 88.4 Å². The molecule has 3 aromatic carbocycles. The Hall–Kier alpha value is -4.41. The van der Waals surface area contributed by atoms with E-state index in [1.54, 1.807) is 50.3 Å². The summed E-state index contributed by atoms with van der Waals surface area (Å²) in [7, 11) is 0. The van der Waals surface area contributed by atoms with Crippen molar-refractivity contribution in [3.8, 4) is 17.2 Å². The average molecular weight is 665 g/mol. The van der Waals surface area contributed by atoms with Gasteiger partial charge in [0.1, 0.15) is 24.2 Å². The molecule has 4 aromatic rings. The molecule has 0 fully saturated rings. The van der Waals surface area contributed by atoms with E-state index >= 15 is 0 Å². The second-order valence-corrected chi connectivity index (χ2v) is 12.1. The van der Waals surface area contributed by atoms with Gasteiger partial charge >= 0.3 is 5.97 Å². The smallest absolute Gasteiger partial charge is 0.338 e. The van der Waals surface area contributed by atoms with Gasteiger partial charge in [-0.3, -0.25) is 9.36 Å². The second-order valence-electron chi connectivity index (χ2n) is 10.6. The zero-order chi connectivity index (χ0) is 33.0. The highest BCUT2D eigenvalue weighted by Gasteiger charge is 2.35. The Morgan fingerprint density at radius 1 is 1.07 bits per heavy atom. The fourth-order valence-corrected chi connectivity index (χ4v) is 6.46. The van der Waals surface area contributed by atoms with Crippen LogP contribution in [0.4, 0.5) is 4.39 Å². The lowest BCUT2D eigenvalue weighted by Crippen LogP contribution is -2.40. The van der Waals surface area contributed by atoms with Gasteiger partial charge in [0.15, 0.2) is 16.3 Å². The van der Waals surface area contributed by atoms with Crippen LogP contribution in [-0.2, 0) is 16.1 Å². The molecule has 11 heteroatoms. The number of nitrogens with zero attached hydrogens (tertiary/aromatic N) is 2.